The summed E-state index contributed by atoms with van der Waals surface area (Å²) in [4.78, 5) is 25.6. The van der Waals surface area contributed by atoms with Crippen molar-refractivity contribution in [3.8, 4) is 11.8 Å². The Bertz CT molecular complexity index is 650. The van der Waals surface area contributed by atoms with Gasteiger partial charge in [-0.1, -0.05) is 6.07 Å². The van der Waals surface area contributed by atoms with Crippen molar-refractivity contribution in [2.75, 3.05) is 24.7 Å². The Labute approximate surface area is 132 Å². The van der Waals surface area contributed by atoms with Gasteiger partial charge in [-0.15, -0.1) is 0 Å². The van der Waals surface area contributed by atoms with Crippen molar-refractivity contribution in [1.82, 2.24) is 10.2 Å². The zero-order valence-corrected chi connectivity index (χ0v) is 12.7. The van der Waals surface area contributed by atoms with E-state index in [1.807, 2.05) is 6.07 Å². The molecule has 1 N–H and O–H groups in total. The molecule has 6 nitrogen and oxygen atoms in total. The lowest BCUT2D eigenvalue weighted by Crippen LogP contribution is -2.47. The molecule has 2 aliphatic heterocycles. The van der Waals surface area contributed by atoms with Gasteiger partial charge < -0.3 is 10.1 Å². The van der Waals surface area contributed by atoms with Crippen molar-refractivity contribution in [2.24, 2.45) is 0 Å². The molecular weight excluding hydrogens is 302 g/mol. The van der Waals surface area contributed by atoms with E-state index in [1.165, 1.54) is 4.90 Å². The zero-order chi connectivity index (χ0) is 15.6. The minimum absolute atomic E-state index is 0.156. The molecule has 1 aromatic carbocycles. The summed E-state index contributed by atoms with van der Waals surface area (Å²) < 4.78 is 5.53. The fraction of sp³-hybridized carbons (Fsp3) is 0.400. The van der Waals surface area contributed by atoms with Crippen LogP contribution >= 0.6 is 11.8 Å². The Kier molecular flexibility index (Phi) is 3.94. The van der Waals surface area contributed by atoms with Gasteiger partial charge in [-0.25, -0.2) is 4.79 Å². The highest BCUT2D eigenvalue weighted by atomic mass is 32.2. The van der Waals surface area contributed by atoms with Crippen molar-refractivity contribution in [3.05, 3.63) is 29.8 Å². The molecule has 2 saturated heterocycles. The van der Waals surface area contributed by atoms with Crippen LogP contribution in [0.1, 0.15) is 12.0 Å². The van der Waals surface area contributed by atoms with Crippen LogP contribution < -0.4 is 10.1 Å². The number of nitrogens with one attached hydrogen (secondary N) is 1. The summed E-state index contributed by atoms with van der Waals surface area (Å²) in [5.41, 5.74) is -0.197. The largest absolute Gasteiger partial charge is 0.492 e. The molecule has 114 valence electrons. The van der Waals surface area contributed by atoms with Gasteiger partial charge in [0.05, 0.1) is 18.2 Å². The maximum atomic E-state index is 12.4. The number of rotatable bonds is 4. The van der Waals surface area contributed by atoms with Crippen LogP contribution in [0.4, 0.5) is 4.79 Å². The van der Waals surface area contributed by atoms with Crippen molar-refractivity contribution in [3.63, 3.8) is 0 Å². The number of hydrogen-bond acceptors (Lipinski definition) is 5. The summed E-state index contributed by atoms with van der Waals surface area (Å²) >= 11 is 1.68. The van der Waals surface area contributed by atoms with Gasteiger partial charge in [0.1, 0.15) is 17.9 Å². The molecule has 1 spiro atoms. The number of carbonyl (C=O) groups is 2. The van der Waals surface area contributed by atoms with Gasteiger partial charge in [-0.2, -0.15) is 17.0 Å². The third-order valence-electron chi connectivity index (χ3n) is 3.81. The Balaban J connectivity index is 1.58. The maximum absolute atomic E-state index is 12.4. The first-order valence-electron chi connectivity index (χ1n) is 6.99. The molecular formula is C15H15N3O3S. The van der Waals surface area contributed by atoms with Crippen LogP contribution in [-0.4, -0.2) is 47.0 Å². The van der Waals surface area contributed by atoms with Crippen molar-refractivity contribution in [2.45, 2.75) is 12.0 Å². The highest BCUT2D eigenvalue weighted by molar-refractivity contribution is 7.99. The summed E-state index contributed by atoms with van der Waals surface area (Å²) in [5, 5.41) is 11.6. The minimum Gasteiger partial charge on any atom is -0.492 e. The topological polar surface area (TPSA) is 82.4 Å². The van der Waals surface area contributed by atoms with E-state index in [0.29, 0.717) is 23.5 Å². The lowest BCUT2D eigenvalue weighted by molar-refractivity contribution is -0.130. The number of thioether (sulfide) groups is 1. The molecule has 1 atom stereocenters. The SMILES string of the molecule is N#Cc1cccc(OCCN2C(=O)NC3(CCSC3)C2=O)c1. The molecule has 0 aliphatic carbocycles. The van der Waals surface area contributed by atoms with E-state index in [0.717, 1.165) is 5.75 Å². The van der Waals surface area contributed by atoms with E-state index < -0.39 is 5.54 Å². The molecule has 2 heterocycles. The Morgan fingerprint density at radius 3 is 3.05 bits per heavy atom. The van der Waals surface area contributed by atoms with Crippen LogP contribution in [0.25, 0.3) is 0 Å². The zero-order valence-electron chi connectivity index (χ0n) is 11.9. The third-order valence-corrected chi connectivity index (χ3v) is 5.00. The van der Waals surface area contributed by atoms with Gasteiger partial charge in [0.25, 0.3) is 5.91 Å². The number of hydrogen-bond donors (Lipinski definition) is 1. The van der Waals surface area contributed by atoms with Crippen LogP contribution in [0.5, 0.6) is 5.75 Å². The molecule has 1 unspecified atom stereocenters. The summed E-state index contributed by atoms with van der Waals surface area (Å²) in [7, 11) is 0. The average Bonchev–Trinajstić information content (AvgIpc) is 3.08. The van der Waals surface area contributed by atoms with Crippen molar-refractivity contribution in [1.29, 1.82) is 5.26 Å². The molecule has 2 fully saturated rings. The second-order valence-corrected chi connectivity index (χ2v) is 6.36. The number of urea groups is 1. The predicted molar refractivity (Wildman–Crippen MR) is 81.6 cm³/mol. The maximum Gasteiger partial charge on any atom is 0.325 e. The summed E-state index contributed by atoms with van der Waals surface area (Å²) in [6, 6.07) is 8.47. The molecule has 7 heteroatoms. The molecule has 22 heavy (non-hydrogen) atoms. The molecule has 2 aliphatic rings. The number of imide groups is 1. The van der Waals surface area contributed by atoms with Crippen LogP contribution in [0.3, 0.4) is 0 Å². The summed E-state index contributed by atoms with van der Waals surface area (Å²) in [6.45, 7) is 0.408. The van der Waals surface area contributed by atoms with E-state index in [4.69, 9.17) is 10.00 Å². The second kappa shape index (κ2) is 5.89. The first kappa shape index (κ1) is 14.7. The molecule has 3 rings (SSSR count). The average molecular weight is 317 g/mol. The lowest BCUT2D eigenvalue weighted by Gasteiger charge is -2.19. The summed E-state index contributed by atoms with van der Waals surface area (Å²) in [5.74, 6) is 1.92. The Hall–Kier alpha value is -2.20. The monoisotopic (exact) mass is 317 g/mol. The highest BCUT2D eigenvalue weighted by Crippen LogP contribution is 2.33. The van der Waals surface area contributed by atoms with Gasteiger partial charge >= 0.3 is 6.03 Å². The molecule has 1 aromatic rings. The van der Waals surface area contributed by atoms with E-state index in [-0.39, 0.29) is 25.1 Å². The molecule has 0 saturated carbocycles. The first-order chi connectivity index (χ1) is 10.6. The number of nitriles is 1. The number of benzene rings is 1. The Morgan fingerprint density at radius 2 is 2.32 bits per heavy atom. The van der Waals surface area contributed by atoms with E-state index >= 15 is 0 Å². The smallest absolute Gasteiger partial charge is 0.325 e. The quantitative estimate of drug-likeness (QED) is 0.848. The van der Waals surface area contributed by atoms with Crippen LogP contribution in [0, 0.1) is 11.3 Å². The van der Waals surface area contributed by atoms with Crippen LogP contribution in [0.2, 0.25) is 0 Å². The van der Waals surface area contributed by atoms with Crippen molar-refractivity contribution >= 4 is 23.7 Å². The van der Waals surface area contributed by atoms with E-state index in [2.05, 4.69) is 5.32 Å². The standard InChI is InChI=1S/C15H15N3O3S/c16-9-11-2-1-3-12(8-11)21-6-5-18-13(19)15(17-14(18)20)4-7-22-10-15/h1-3,8H,4-7,10H2,(H,17,20). The van der Waals surface area contributed by atoms with E-state index in [1.54, 1.807) is 36.0 Å². The first-order valence-corrected chi connectivity index (χ1v) is 8.15. The van der Waals surface area contributed by atoms with Gasteiger partial charge in [0.2, 0.25) is 0 Å². The van der Waals surface area contributed by atoms with Gasteiger partial charge in [-0.05, 0) is 30.4 Å². The van der Waals surface area contributed by atoms with Gasteiger partial charge in [-0.3, -0.25) is 9.69 Å². The fourth-order valence-electron chi connectivity index (χ4n) is 2.62. The molecule has 3 amide bonds. The Morgan fingerprint density at radius 1 is 1.45 bits per heavy atom. The van der Waals surface area contributed by atoms with Gasteiger partial charge in [0.15, 0.2) is 0 Å². The second-order valence-electron chi connectivity index (χ2n) is 5.26. The van der Waals surface area contributed by atoms with Crippen LogP contribution in [-0.2, 0) is 4.79 Å². The lowest BCUT2D eigenvalue weighted by atomic mass is 9.99. The number of ether oxygens (including phenoxy) is 1. The highest BCUT2D eigenvalue weighted by Gasteiger charge is 2.52. The van der Waals surface area contributed by atoms with Crippen molar-refractivity contribution < 1.29 is 14.3 Å². The van der Waals surface area contributed by atoms with E-state index in [9.17, 15) is 9.59 Å². The molecule has 0 aromatic heterocycles. The number of nitrogens with zero attached hydrogens (tertiary/aromatic N) is 2. The minimum atomic E-state index is -0.706. The van der Waals surface area contributed by atoms with Gasteiger partial charge in [0, 0.05) is 5.75 Å². The normalized spacial score (nSPS) is 23.7. The summed E-state index contributed by atoms with van der Waals surface area (Å²) in [6.07, 6.45) is 0.684. The number of amides is 3. The molecule has 0 radical (unpaired) electrons. The fourth-order valence-corrected chi connectivity index (χ4v) is 3.95. The van der Waals surface area contributed by atoms with Crippen LogP contribution in [0.15, 0.2) is 24.3 Å². The predicted octanol–water partition coefficient (Wildman–Crippen LogP) is 1.36. The molecule has 0 bridgehead atoms. The number of carbonyl (C=O) groups excluding carboxylic acids is 2. The third kappa shape index (κ3) is 2.62.